The smallest absolute Gasteiger partial charge is 0.335 e. The van der Waals surface area contributed by atoms with E-state index in [2.05, 4.69) is 21.2 Å². The summed E-state index contributed by atoms with van der Waals surface area (Å²) in [6.45, 7) is 2.58. The van der Waals surface area contributed by atoms with E-state index in [0.717, 1.165) is 6.42 Å². The molecule has 0 bridgehead atoms. The number of anilines is 1. The monoisotopic (exact) mass is 356 g/mol. The molecule has 2 rings (SSSR count). The highest BCUT2D eigenvalue weighted by molar-refractivity contribution is 9.10. The fourth-order valence-corrected chi connectivity index (χ4v) is 2.87. The Kier molecular flexibility index (Phi) is 4.84. The van der Waals surface area contributed by atoms with Crippen LogP contribution in [0.5, 0.6) is 0 Å². The Bertz CT molecular complexity index is 564. The zero-order valence-corrected chi connectivity index (χ0v) is 13.4. The second-order valence-electron chi connectivity index (χ2n) is 5.01. The SMILES string of the molecule is CC1OCCC1N(C)C(=O)Nc1cc(Br)cc(C(=O)O)c1. The van der Waals surface area contributed by atoms with Crippen molar-refractivity contribution in [2.24, 2.45) is 0 Å². The van der Waals surface area contributed by atoms with Crippen molar-refractivity contribution in [3.63, 3.8) is 0 Å². The molecule has 2 unspecified atom stereocenters. The molecule has 2 N–H and O–H groups in total. The van der Waals surface area contributed by atoms with E-state index in [9.17, 15) is 9.59 Å². The largest absolute Gasteiger partial charge is 0.478 e. The highest BCUT2D eigenvalue weighted by Gasteiger charge is 2.30. The fraction of sp³-hybridized carbons (Fsp3) is 0.429. The number of benzene rings is 1. The second-order valence-corrected chi connectivity index (χ2v) is 5.92. The van der Waals surface area contributed by atoms with Gasteiger partial charge in [0.15, 0.2) is 0 Å². The summed E-state index contributed by atoms with van der Waals surface area (Å²) >= 11 is 3.24. The van der Waals surface area contributed by atoms with Gasteiger partial charge in [-0.2, -0.15) is 0 Å². The zero-order chi connectivity index (χ0) is 15.6. The first kappa shape index (κ1) is 15.8. The number of amides is 2. The van der Waals surface area contributed by atoms with Crippen LogP contribution in [-0.2, 0) is 4.74 Å². The van der Waals surface area contributed by atoms with Crippen molar-refractivity contribution >= 4 is 33.6 Å². The molecular weight excluding hydrogens is 340 g/mol. The van der Waals surface area contributed by atoms with Gasteiger partial charge in [-0.15, -0.1) is 0 Å². The number of carboxylic acids is 1. The minimum Gasteiger partial charge on any atom is -0.478 e. The Morgan fingerprint density at radius 3 is 2.71 bits per heavy atom. The molecule has 1 heterocycles. The zero-order valence-electron chi connectivity index (χ0n) is 11.8. The van der Waals surface area contributed by atoms with Gasteiger partial charge in [-0.1, -0.05) is 15.9 Å². The summed E-state index contributed by atoms with van der Waals surface area (Å²) in [5.74, 6) is -1.04. The van der Waals surface area contributed by atoms with Crippen LogP contribution in [0.15, 0.2) is 22.7 Å². The van der Waals surface area contributed by atoms with Crippen molar-refractivity contribution in [3.05, 3.63) is 28.2 Å². The lowest BCUT2D eigenvalue weighted by molar-refractivity contribution is 0.0696. The number of carbonyl (C=O) groups is 2. The summed E-state index contributed by atoms with van der Waals surface area (Å²) in [7, 11) is 1.71. The Hall–Kier alpha value is -1.60. The Morgan fingerprint density at radius 1 is 1.43 bits per heavy atom. The molecule has 1 aliphatic heterocycles. The Morgan fingerprint density at radius 2 is 2.14 bits per heavy atom. The number of aromatic carboxylic acids is 1. The summed E-state index contributed by atoms with van der Waals surface area (Å²) in [6, 6.07) is 4.30. The van der Waals surface area contributed by atoms with Crippen LogP contribution >= 0.6 is 15.9 Å². The highest BCUT2D eigenvalue weighted by Crippen LogP contribution is 2.22. The molecule has 2 amide bonds. The molecule has 1 saturated heterocycles. The first-order valence-corrected chi connectivity index (χ1v) is 7.37. The lowest BCUT2D eigenvalue weighted by Crippen LogP contribution is -2.43. The van der Waals surface area contributed by atoms with Gasteiger partial charge >= 0.3 is 12.0 Å². The molecule has 0 saturated carbocycles. The van der Waals surface area contributed by atoms with Gasteiger partial charge < -0.3 is 20.1 Å². The van der Waals surface area contributed by atoms with Crippen molar-refractivity contribution in [2.75, 3.05) is 19.0 Å². The maximum atomic E-state index is 12.2. The van der Waals surface area contributed by atoms with Gasteiger partial charge in [-0.05, 0) is 31.5 Å². The van der Waals surface area contributed by atoms with Gasteiger partial charge in [0, 0.05) is 23.8 Å². The van der Waals surface area contributed by atoms with E-state index >= 15 is 0 Å². The van der Waals surface area contributed by atoms with Crippen LogP contribution in [0.4, 0.5) is 10.5 Å². The first-order valence-electron chi connectivity index (χ1n) is 6.58. The molecular formula is C14H17BrN2O4. The predicted molar refractivity (Wildman–Crippen MR) is 81.7 cm³/mol. The third kappa shape index (κ3) is 3.74. The second kappa shape index (κ2) is 6.44. The maximum Gasteiger partial charge on any atom is 0.335 e. The number of halogens is 1. The van der Waals surface area contributed by atoms with E-state index < -0.39 is 5.97 Å². The molecule has 1 aromatic carbocycles. The number of urea groups is 1. The van der Waals surface area contributed by atoms with Crippen molar-refractivity contribution in [3.8, 4) is 0 Å². The van der Waals surface area contributed by atoms with E-state index in [4.69, 9.17) is 9.84 Å². The van der Waals surface area contributed by atoms with Crippen LogP contribution < -0.4 is 5.32 Å². The lowest BCUT2D eigenvalue weighted by atomic mass is 10.1. The minimum atomic E-state index is -1.04. The molecule has 1 aromatic rings. The van der Waals surface area contributed by atoms with E-state index in [1.54, 1.807) is 18.0 Å². The van der Waals surface area contributed by atoms with E-state index in [1.807, 2.05) is 6.92 Å². The number of rotatable bonds is 3. The molecule has 6 nitrogen and oxygen atoms in total. The van der Waals surface area contributed by atoms with Gasteiger partial charge in [-0.25, -0.2) is 9.59 Å². The normalized spacial score (nSPS) is 21.1. The number of carboxylic acid groups (broad SMARTS) is 1. The molecule has 1 aliphatic rings. The lowest BCUT2D eigenvalue weighted by Gasteiger charge is -2.27. The molecule has 21 heavy (non-hydrogen) atoms. The summed E-state index contributed by atoms with van der Waals surface area (Å²) in [5.41, 5.74) is 0.546. The van der Waals surface area contributed by atoms with Gasteiger partial charge in [0.25, 0.3) is 0 Å². The molecule has 0 spiro atoms. The molecule has 1 fully saturated rings. The molecule has 114 valence electrons. The average Bonchev–Trinajstić information content (AvgIpc) is 2.83. The summed E-state index contributed by atoms with van der Waals surface area (Å²) < 4.78 is 6.05. The highest BCUT2D eigenvalue weighted by atomic mass is 79.9. The van der Waals surface area contributed by atoms with Gasteiger partial charge in [0.05, 0.1) is 17.7 Å². The minimum absolute atomic E-state index is 0.00200. The van der Waals surface area contributed by atoms with Crippen LogP contribution in [0.25, 0.3) is 0 Å². The molecule has 0 radical (unpaired) electrons. The molecule has 2 atom stereocenters. The van der Waals surface area contributed by atoms with E-state index in [1.165, 1.54) is 12.1 Å². The number of nitrogens with zero attached hydrogens (tertiary/aromatic N) is 1. The number of ether oxygens (including phenoxy) is 1. The molecule has 0 aliphatic carbocycles. The third-order valence-corrected chi connectivity index (χ3v) is 4.01. The summed E-state index contributed by atoms with van der Waals surface area (Å²) in [6.07, 6.45) is 0.794. The summed E-state index contributed by atoms with van der Waals surface area (Å²) in [4.78, 5) is 24.8. The van der Waals surface area contributed by atoms with Gasteiger partial charge in [-0.3, -0.25) is 0 Å². The Balaban J connectivity index is 2.10. The van der Waals surface area contributed by atoms with E-state index in [0.29, 0.717) is 16.8 Å². The average molecular weight is 357 g/mol. The van der Waals surface area contributed by atoms with Crippen molar-refractivity contribution in [1.29, 1.82) is 0 Å². The van der Waals surface area contributed by atoms with Crippen molar-refractivity contribution in [1.82, 2.24) is 4.90 Å². The topological polar surface area (TPSA) is 78.9 Å². The molecule has 0 aromatic heterocycles. The Labute approximate surface area is 131 Å². The first-order chi connectivity index (χ1) is 9.88. The standard InChI is InChI=1S/C14H17BrN2O4/c1-8-12(3-4-21-8)17(2)14(20)16-11-6-9(13(18)19)5-10(15)7-11/h5-8,12H,3-4H2,1-2H3,(H,16,20)(H,18,19). The number of hydrogen-bond donors (Lipinski definition) is 2. The predicted octanol–water partition coefficient (Wildman–Crippen LogP) is 2.79. The van der Waals surface area contributed by atoms with Gasteiger partial charge in [0.1, 0.15) is 0 Å². The van der Waals surface area contributed by atoms with Crippen LogP contribution in [0.3, 0.4) is 0 Å². The van der Waals surface area contributed by atoms with Crippen LogP contribution in [0, 0.1) is 0 Å². The quantitative estimate of drug-likeness (QED) is 0.872. The van der Waals surface area contributed by atoms with Crippen LogP contribution in [0.2, 0.25) is 0 Å². The number of hydrogen-bond acceptors (Lipinski definition) is 3. The van der Waals surface area contributed by atoms with Crippen LogP contribution in [-0.4, -0.2) is 47.8 Å². The van der Waals surface area contributed by atoms with E-state index in [-0.39, 0.29) is 23.7 Å². The van der Waals surface area contributed by atoms with Crippen molar-refractivity contribution in [2.45, 2.75) is 25.5 Å². The number of carbonyl (C=O) groups excluding carboxylic acids is 1. The third-order valence-electron chi connectivity index (χ3n) is 3.55. The summed E-state index contributed by atoms with van der Waals surface area (Å²) in [5, 5.41) is 11.7. The van der Waals surface area contributed by atoms with Gasteiger partial charge in [0.2, 0.25) is 0 Å². The van der Waals surface area contributed by atoms with Crippen molar-refractivity contribution < 1.29 is 19.4 Å². The number of nitrogens with one attached hydrogen (secondary N) is 1. The fourth-order valence-electron chi connectivity index (χ4n) is 2.38. The van der Waals surface area contributed by atoms with Crippen LogP contribution in [0.1, 0.15) is 23.7 Å². The molecule has 7 heteroatoms. The number of likely N-dealkylation sites (N-methyl/N-ethyl adjacent to an activating group) is 1. The maximum absolute atomic E-state index is 12.2.